The summed E-state index contributed by atoms with van der Waals surface area (Å²) >= 11 is 0. The number of fused-ring (bicyclic) bond motifs is 3. The van der Waals surface area contributed by atoms with E-state index in [1.54, 1.807) is 17.3 Å². The van der Waals surface area contributed by atoms with Crippen molar-refractivity contribution < 1.29 is 4.79 Å². The first-order chi connectivity index (χ1) is 18.7. The number of benzene rings is 3. The van der Waals surface area contributed by atoms with Gasteiger partial charge < -0.3 is 10.2 Å². The number of aromatic amines is 1. The van der Waals surface area contributed by atoms with Crippen LogP contribution >= 0.6 is 0 Å². The summed E-state index contributed by atoms with van der Waals surface area (Å²) in [4.78, 5) is 27.7. The number of aromatic nitrogens is 4. The minimum atomic E-state index is -0.331. The van der Waals surface area contributed by atoms with Crippen LogP contribution < -0.4 is 15.1 Å². The third-order valence-corrected chi connectivity index (χ3v) is 7.89. The van der Waals surface area contributed by atoms with E-state index in [-0.39, 0.29) is 18.0 Å². The smallest absolute Gasteiger partial charge is 0.254 e. The van der Waals surface area contributed by atoms with Gasteiger partial charge in [-0.1, -0.05) is 49.6 Å². The van der Waals surface area contributed by atoms with Crippen LogP contribution in [0.15, 0.2) is 73.1 Å². The van der Waals surface area contributed by atoms with E-state index in [0.29, 0.717) is 5.95 Å². The molecule has 1 amide bonds. The average Bonchev–Trinajstić information content (AvgIpc) is 3.42. The Labute approximate surface area is 220 Å². The fraction of sp³-hybridized carbons (Fsp3) is 0.267. The van der Waals surface area contributed by atoms with Crippen LogP contribution in [0.2, 0.25) is 0 Å². The molecule has 38 heavy (non-hydrogen) atoms. The van der Waals surface area contributed by atoms with Gasteiger partial charge in [0.15, 0.2) is 5.82 Å². The van der Waals surface area contributed by atoms with Crippen LogP contribution in [0.25, 0.3) is 21.7 Å². The van der Waals surface area contributed by atoms with E-state index in [9.17, 15) is 4.79 Å². The maximum absolute atomic E-state index is 14.0. The molecular weight excluding hydrogens is 474 g/mol. The maximum Gasteiger partial charge on any atom is 0.254 e. The van der Waals surface area contributed by atoms with Gasteiger partial charge in [-0.2, -0.15) is 10.1 Å². The van der Waals surface area contributed by atoms with Crippen molar-refractivity contribution in [1.82, 2.24) is 20.2 Å². The highest BCUT2D eigenvalue weighted by atomic mass is 16.2. The molecule has 0 saturated heterocycles. The number of amides is 1. The average molecular weight is 504 g/mol. The van der Waals surface area contributed by atoms with Gasteiger partial charge in [0.2, 0.25) is 5.95 Å². The first-order valence-electron chi connectivity index (χ1n) is 13.3. The summed E-state index contributed by atoms with van der Waals surface area (Å²) in [5.74, 6) is 1.36. The lowest BCUT2D eigenvalue weighted by atomic mass is 9.92. The molecule has 8 nitrogen and oxygen atoms in total. The second kappa shape index (κ2) is 9.13. The molecule has 7 rings (SSSR count). The van der Waals surface area contributed by atoms with Gasteiger partial charge in [0.05, 0.1) is 17.9 Å². The summed E-state index contributed by atoms with van der Waals surface area (Å²) in [6.07, 6.45) is 9.31. The molecule has 0 radical (unpaired) electrons. The van der Waals surface area contributed by atoms with Crippen LogP contribution in [0.5, 0.6) is 0 Å². The molecule has 3 heterocycles. The SMILES string of the molecule is C[C@@H]1C(=O)N(c2ccc3ccccc3c2)c2cnc(Nc3ccc4[nH]ncc4c3)nc2N1C1CCCCC1. The number of rotatable bonds is 4. The van der Waals surface area contributed by atoms with Crippen LogP contribution in [0.3, 0.4) is 0 Å². The number of anilines is 5. The molecule has 2 N–H and O–H groups in total. The quantitative estimate of drug-likeness (QED) is 0.293. The summed E-state index contributed by atoms with van der Waals surface area (Å²) in [5, 5.41) is 13.7. The molecule has 1 atom stereocenters. The largest absolute Gasteiger partial charge is 0.340 e. The van der Waals surface area contributed by atoms with Crippen LogP contribution in [-0.2, 0) is 4.79 Å². The molecule has 2 aliphatic rings. The summed E-state index contributed by atoms with van der Waals surface area (Å²) in [6, 6.07) is 20.3. The van der Waals surface area contributed by atoms with E-state index in [1.165, 1.54) is 19.3 Å². The van der Waals surface area contributed by atoms with Crippen molar-refractivity contribution in [3.05, 3.63) is 73.1 Å². The molecule has 190 valence electrons. The lowest BCUT2D eigenvalue weighted by Gasteiger charge is -2.45. The van der Waals surface area contributed by atoms with Gasteiger partial charge in [-0.25, -0.2) is 4.98 Å². The second-order valence-corrected chi connectivity index (χ2v) is 10.3. The highest BCUT2D eigenvalue weighted by Gasteiger charge is 2.41. The van der Waals surface area contributed by atoms with Crippen LogP contribution in [0.1, 0.15) is 39.0 Å². The van der Waals surface area contributed by atoms with Gasteiger partial charge in [0.1, 0.15) is 11.7 Å². The fourth-order valence-corrected chi connectivity index (χ4v) is 5.96. The number of nitrogens with one attached hydrogen (secondary N) is 2. The second-order valence-electron chi connectivity index (χ2n) is 10.3. The standard InChI is InChI=1S/C30H29N7O/c1-19-29(38)37(25-13-11-20-7-5-6-8-21(20)16-25)27-18-31-30(33-23-12-14-26-22(15-23)17-32-35-26)34-28(27)36(19)24-9-3-2-4-10-24/h5-8,11-19,24H,2-4,9-10H2,1H3,(H,32,35)(H,31,33,34)/t19-/m1/s1. The van der Waals surface area contributed by atoms with Crippen molar-refractivity contribution in [2.24, 2.45) is 0 Å². The van der Waals surface area contributed by atoms with E-state index in [0.717, 1.165) is 57.4 Å². The summed E-state index contributed by atoms with van der Waals surface area (Å²) in [7, 11) is 0. The third kappa shape index (κ3) is 3.84. The number of carbonyl (C=O) groups is 1. The Morgan fingerprint density at radius 2 is 1.76 bits per heavy atom. The normalized spacial score (nSPS) is 18.2. The molecule has 2 aromatic heterocycles. The van der Waals surface area contributed by atoms with Gasteiger partial charge in [-0.15, -0.1) is 0 Å². The Hall–Kier alpha value is -4.46. The van der Waals surface area contributed by atoms with E-state index >= 15 is 0 Å². The van der Waals surface area contributed by atoms with Crippen molar-refractivity contribution in [2.75, 3.05) is 15.1 Å². The van der Waals surface area contributed by atoms with Crippen molar-refractivity contribution in [1.29, 1.82) is 0 Å². The Kier molecular flexibility index (Phi) is 5.46. The van der Waals surface area contributed by atoms with Gasteiger partial charge >= 0.3 is 0 Å². The molecule has 0 bridgehead atoms. The molecular formula is C30H29N7O. The number of carbonyl (C=O) groups excluding carboxylic acids is 1. The van der Waals surface area contributed by atoms with Crippen LogP contribution in [0.4, 0.5) is 28.8 Å². The van der Waals surface area contributed by atoms with E-state index in [1.807, 2.05) is 43.3 Å². The third-order valence-electron chi connectivity index (χ3n) is 7.89. The molecule has 1 aliphatic carbocycles. The monoisotopic (exact) mass is 503 g/mol. The van der Waals surface area contributed by atoms with Crippen molar-refractivity contribution in [3.8, 4) is 0 Å². The van der Waals surface area contributed by atoms with Gasteiger partial charge in [0, 0.05) is 22.8 Å². The topological polar surface area (TPSA) is 90.0 Å². The van der Waals surface area contributed by atoms with E-state index in [2.05, 4.69) is 49.7 Å². The minimum Gasteiger partial charge on any atom is -0.340 e. The number of nitrogens with zero attached hydrogens (tertiary/aromatic N) is 5. The van der Waals surface area contributed by atoms with Crippen LogP contribution in [-0.4, -0.2) is 38.2 Å². The van der Waals surface area contributed by atoms with Crippen molar-refractivity contribution >= 4 is 56.4 Å². The van der Waals surface area contributed by atoms with E-state index < -0.39 is 0 Å². The molecule has 1 fully saturated rings. The van der Waals surface area contributed by atoms with Crippen LogP contribution in [0, 0.1) is 0 Å². The van der Waals surface area contributed by atoms with Gasteiger partial charge in [-0.05, 0) is 60.9 Å². The van der Waals surface area contributed by atoms with Crippen molar-refractivity contribution in [3.63, 3.8) is 0 Å². The van der Waals surface area contributed by atoms with E-state index in [4.69, 9.17) is 4.98 Å². The Balaban J connectivity index is 1.33. The lowest BCUT2D eigenvalue weighted by Crippen LogP contribution is -2.55. The zero-order chi connectivity index (χ0) is 25.6. The number of hydrogen-bond acceptors (Lipinski definition) is 6. The number of hydrogen-bond donors (Lipinski definition) is 2. The Bertz CT molecular complexity index is 1660. The molecule has 8 heteroatoms. The summed E-state index contributed by atoms with van der Waals surface area (Å²) in [5.41, 5.74) is 3.42. The highest BCUT2D eigenvalue weighted by molar-refractivity contribution is 6.10. The predicted octanol–water partition coefficient (Wildman–Crippen LogP) is 6.46. The first kappa shape index (κ1) is 22.7. The van der Waals surface area contributed by atoms with Gasteiger partial charge in [-0.3, -0.25) is 14.8 Å². The number of H-pyrrole nitrogens is 1. The summed E-state index contributed by atoms with van der Waals surface area (Å²) < 4.78 is 0. The zero-order valence-electron chi connectivity index (χ0n) is 21.3. The predicted molar refractivity (Wildman–Crippen MR) is 151 cm³/mol. The maximum atomic E-state index is 14.0. The Morgan fingerprint density at radius 1 is 0.921 bits per heavy atom. The molecule has 1 aliphatic heterocycles. The summed E-state index contributed by atoms with van der Waals surface area (Å²) in [6.45, 7) is 2.01. The molecule has 3 aromatic carbocycles. The minimum absolute atomic E-state index is 0.0491. The highest BCUT2D eigenvalue weighted by Crippen LogP contribution is 2.43. The molecule has 1 saturated carbocycles. The molecule has 0 spiro atoms. The Morgan fingerprint density at radius 3 is 2.63 bits per heavy atom. The lowest BCUT2D eigenvalue weighted by molar-refractivity contribution is -0.119. The zero-order valence-corrected chi connectivity index (χ0v) is 21.3. The molecule has 5 aromatic rings. The fourth-order valence-electron chi connectivity index (χ4n) is 5.96. The van der Waals surface area contributed by atoms with Crippen molar-refractivity contribution in [2.45, 2.75) is 51.1 Å². The van der Waals surface area contributed by atoms with Gasteiger partial charge in [0.25, 0.3) is 5.91 Å². The first-order valence-corrected chi connectivity index (χ1v) is 13.3. The molecule has 0 unspecified atom stereocenters.